The Morgan fingerprint density at radius 3 is 2.71 bits per heavy atom. The van der Waals surface area contributed by atoms with E-state index in [2.05, 4.69) is 23.2 Å². The summed E-state index contributed by atoms with van der Waals surface area (Å²) in [5.41, 5.74) is 9.49. The number of aromatic nitrogens is 2. The van der Waals surface area contributed by atoms with Crippen molar-refractivity contribution in [2.24, 2.45) is 5.92 Å². The standard InChI is InChI=1S/C17H19N3O/c1-11-6-8-12(9-7-11)14-10-15(19-20-17(14)18)13-4-2-3-5-16(13)21/h2-5,8,10-11,21H,6-7,9H2,1H3,(H2,18,20). The maximum Gasteiger partial charge on any atom is 0.153 e. The molecule has 4 nitrogen and oxygen atoms in total. The first-order valence-corrected chi connectivity index (χ1v) is 7.26. The zero-order valence-corrected chi connectivity index (χ0v) is 12.1. The lowest BCUT2D eigenvalue weighted by Crippen LogP contribution is -2.05. The van der Waals surface area contributed by atoms with E-state index in [-0.39, 0.29) is 5.75 Å². The molecule has 0 radical (unpaired) electrons. The molecule has 0 amide bonds. The van der Waals surface area contributed by atoms with Gasteiger partial charge in [-0.1, -0.05) is 25.1 Å². The van der Waals surface area contributed by atoms with Gasteiger partial charge in [0.2, 0.25) is 0 Å². The summed E-state index contributed by atoms with van der Waals surface area (Å²) in [5.74, 6) is 1.38. The summed E-state index contributed by atoms with van der Waals surface area (Å²) in [6.07, 6.45) is 5.50. The first kappa shape index (κ1) is 13.6. The minimum atomic E-state index is 0.203. The van der Waals surface area contributed by atoms with Crippen molar-refractivity contribution in [2.75, 3.05) is 5.73 Å². The van der Waals surface area contributed by atoms with Gasteiger partial charge in [-0.25, -0.2) is 0 Å². The van der Waals surface area contributed by atoms with Crippen molar-refractivity contribution in [1.82, 2.24) is 10.2 Å². The van der Waals surface area contributed by atoms with E-state index >= 15 is 0 Å². The molecule has 3 rings (SSSR count). The average Bonchev–Trinajstić information content (AvgIpc) is 2.50. The van der Waals surface area contributed by atoms with Gasteiger partial charge in [0.05, 0.1) is 5.69 Å². The van der Waals surface area contributed by atoms with E-state index in [1.807, 2.05) is 18.2 Å². The Bertz CT molecular complexity index is 694. The molecular weight excluding hydrogens is 262 g/mol. The van der Waals surface area contributed by atoms with Gasteiger partial charge in [0.25, 0.3) is 0 Å². The predicted octanol–water partition coefficient (Wildman–Crippen LogP) is 3.63. The van der Waals surface area contributed by atoms with Gasteiger partial charge in [-0.2, -0.15) is 0 Å². The van der Waals surface area contributed by atoms with Crippen molar-refractivity contribution in [2.45, 2.75) is 26.2 Å². The molecule has 1 aromatic carbocycles. The van der Waals surface area contributed by atoms with Crippen molar-refractivity contribution < 1.29 is 5.11 Å². The fraction of sp³-hybridized carbons (Fsp3) is 0.294. The molecule has 108 valence electrons. The van der Waals surface area contributed by atoms with E-state index in [0.717, 1.165) is 24.3 Å². The Hall–Kier alpha value is -2.36. The first-order chi connectivity index (χ1) is 10.1. The van der Waals surface area contributed by atoms with Crippen molar-refractivity contribution in [3.8, 4) is 17.0 Å². The molecule has 0 spiro atoms. The number of nitrogen functional groups attached to an aromatic ring is 1. The summed E-state index contributed by atoms with van der Waals surface area (Å²) in [4.78, 5) is 0. The topological polar surface area (TPSA) is 72.0 Å². The molecule has 1 aromatic heterocycles. The molecule has 21 heavy (non-hydrogen) atoms. The average molecular weight is 281 g/mol. The lowest BCUT2D eigenvalue weighted by Gasteiger charge is -2.19. The molecule has 1 unspecified atom stereocenters. The lowest BCUT2D eigenvalue weighted by molar-refractivity contribution is 0.477. The van der Waals surface area contributed by atoms with Crippen molar-refractivity contribution in [3.63, 3.8) is 0 Å². The molecular formula is C17H19N3O. The van der Waals surface area contributed by atoms with Crippen LogP contribution in [-0.4, -0.2) is 15.3 Å². The van der Waals surface area contributed by atoms with E-state index in [9.17, 15) is 5.11 Å². The minimum Gasteiger partial charge on any atom is -0.507 e. The van der Waals surface area contributed by atoms with Gasteiger partial charge >= 0.3 is 0 Å². The molecule has 2 aromatic rings. The molecule has 3 N–H and O–H groups in total. The molecule has 0 saturated carbocycles. The Morgan fingerprint density at radius 2 is 2.00 bits per heavy atom. The molecule has 1 atom stereocenters. The van der Waals surface area contributed by atoms with E-state index in [4.69, 9.17) is 5.73 Å². The second-order valence-electron chi connectivity index (χ2n) is 5.65. The Morgan fingerprint density at radius 1 is 1.19 bits per heavy atom. The van der Waals surface area contributed by atoms with Crippen LogP contribution >= 0.6 is 0 Å². The normalized spacial score (nSPS) is 18.3. The van der Waals surface area contributed by atoms with Crippen LogP contribution in [0.3, 0.4) is 0 Å². The second-order valence-corrected chi connectivity index (χ2v) is 5.65. The summed E-state index contributed by atoms with van der Waals surface area (Å²) in [5, 5.41) is 18.1. The molecule has 0 aliphatic heterocycles. The number of hydrogen-bond donors (Lipinski definition) is 2. The van der Waals surface area contributed by atoms with Crippen LogP contribution in [0.15, 0.2) is 36.4 Å². The van der Waals surface area contributed by atoms with Crippen molar-refractivity contribution in [1.29, 1.82) is 0 Å². The monoisotopic (exact) mass is 281 g/mol. The van der Waals surface area contributed by atoms with Crippen LogP contribution in [0.2, 0.25) is 0 Å². The third kappa shape index (κ3) is 2.75. The molecule has 1 heterocycles. The van der Waals surface area contributed by atoms with Gasteiger partial charge in [0.15, 0.2) is 5.82 Å². The summed E-state index contributed by atoms with van der Waals surface area (Å²) < 4.78 is 0. The third-order valence-corrected chi connectivity index (χ3v) is 4.02. The summed E-state index contributed by atoms with van der Waals surface area (Å²) in [6, 6.07) is 9.06. The van der Waals surface area contributed by atoms with Gasteiger partial charge < -0.3 is 10.8 Å². The van der Waals surface area contributed by atoms with E-state index in [1.165, 1.54) is 12.0 Å². The summed E-state index contributed by atoms with van der Waals surface area (Å²) in [6.45, 7) is 2.26. The van der Waals surface area contributed by atoms with Gasteiger partial charge in [-0.3, -0.25) is 0 Å². The number of para-hydroxylation sites is 1. The van der Waals surface area contributed by atoms with Crippen LogP contribution in [0.4, 0.5) is 5.82 Å². The number of hydrogen-bond acceptors (Lipinski definition) is 4. The zero-order chi connectivity index (χ0) is 14.8. The third-order valence-electron chi connectivity index (χ3n) is 4.02. The maximum absolute atomic E-state index is 9.96. The number of nitrogens with zero attached hydrogens (tertiary/aromatic N) is 2. The quantitative estimate of drug-likeness (QED) is 0.881. The van der Waals surface area contributed by atoms with Crippen LogP contribution in [-0.2, 0) is 0 Å². The summed E-state index contributed by atoms with van der Waals surface area (Å²) in [7, 11) is 0. The Kier molecular flexibility index (Phi) is 3.60. The molecule has 0 saturated heterocycles. The number of allylic oxidation sites excluding steroid dienone is 2. The molecule has 1 aliphatic rings. The number of aromatic hydroxyl groups is 1. The van der Waals surface area contributed by atoms with Gasteiger partial charge in [-0.15, -0.1) is 10.2 Å². The second kappa shape index (κ2) is 5.56. The minimum absolute atomic E-state index is 0.203. The first-order valence-electron chi connectivity index (χ1n) is 7.26. The lowest BCUT2D eigenvalue weighted by atomic mass is 9.87. The van der Waals surface area contributed by atoms with E-state index < -0.39 is 0 Å². The number of rotatable bonds is 2. The SMILES string of the molecule is CC1CC=C(c2cc(-c3ccccc3O)nnc2N)CC1. The highest BCUT2D eigenvalue weighted by Gasteiger charge is 2.16. The Balaban J connectivity index is 2.03. The molecule has 4 heteroatoms. The van der Waals surface area contributed by atoms with Crippen LogP contribution in [0, 0.1) is 5.92 Å². The van der Waals surface area contributed by atoms with Crippen LogP contribution in [0.25, 0.3) is 16.8 Å². The van der Waals surface area contributed by atoms with Crippen molar-refractivity contribution in [3.05, 3.63) is 42.0 Å². The highest BCUT2D eigenvalue weighted by molar-refractivity contribution is 5.77. The van der Waals surface area contributed by atoms with Crippen LogP contribution in [0.1, 0.15) is 31.7 Å². The molecule has 0 fully saturated rings. The fourth-order valence-corrected chi connectivity index (χ4v) is 2.69. The molecule has 0 bridgehead atoms. The zero-order valence-electron chi connectivity index (χ0n) is 12.1. The smallest absolute Gasteiger partial charge is 0.153 e. The van der Waals surface area contributed by atoms with Crippen LogP contribution < -0.4 is 5.73 Å². The largest absolute Gasteiger partial charge is 0.507 e. The number of nitrogens with two attached hydrogens (primary N) is 1. The Labute approximate surface area is 124 Å². The highest BCUT2D eigenvalue weighted by atomic mass is 16.3. The fourth-order valence-electron chi connectivity index (χ4n) is 2.69. The number of anilines is 1. The highest BCUT2D eigenvalue weighted by Crippen LogP contribution is 2.34. The van der Waals surface area contributed by atoms with Crippen molar-refractivity contribution >= 4 is 11.4 Å². The summed E-state index contributed by atoms with van der Waals surface area (Å²) >= 11 is 0. The predicted molar refractivity (Wildman–Crippen MR) is 84.5 cm³/mol. The number of phenols is 1. The number of benzene rings is 1. The van der Waals surface area contributed by atoms with Gasteiger partial charge in [-0.05, 0) is 49.0 Å². The van der Waals surface area contributed by atoms with Gasteiger partial charge in [0.1, 0.15) is 5.75 Å². The van der Waals surface area contributed by atoms with E-state index in [1.54, 1.807) is 12.1 Å². The molecule has 1 aliphatic carbocycles. The van der Waals surface area contributed by atoms with E-state index in [0.29, 0.717) is 17.1 Å². The van der Waals surface area contributed by atoms with Crippen LogP contribution in [0.5, 0.6) is 5.75 Å². The van der Waals surface area contributed by atoms with Gasteiger partial charge in [0, 0.05) is 11.1 Å². The number of phenolic OH excluding ortho intramolecular Hbond substituents is 1. The maximum atomic E-state index is 9.96.